The molecule has 2 aromatic rings. The lowest BCUT2D eigenvalue weighted by Gasteiger charge is -2.09. The zero-order valence-corrected chi connectivity index (χ0v) is 10.6. The van der Waals surface area contributed by atoms with E-state index in [4.69, 9.17) is 22.1 Å². The standard InChI is InChI=1S/C13H11ClN2O3/c14-11-7-10(16(17)18)6-5-9(11)8-19-13-4-2-1-3-12(13)15/h1-7H,8,15H2. The van der Waals surface area contributed by atoms with Crippen molar-refractivity contribution in [1.29, 1.82) is 0 Å². The molecule has 0 saturated carbocycles. The van der Waals surface area contributed by atoms with Crippen LogP contribution in [0.3, 0.4) is 0 Å². The Balaban J connectivity index is 2.12. The van der Waals surface area contributed by atoms with Gasteiger partial charge in [-0.15, -0.1) is 0 Å². The minimum Gasteiger partial charge on any atom is -0.487 e. The van der Waals surface area contributed by atoms with Crippen LogP contribution in [0.1, 0.15) is 5.56 Å². The normalized spacial score (nSPS) is 10.2. The van der Waals surface area contributed by atoms with Gasteiger partial charge in [0.05, 0.1) is 15.6 Å². The molecule has 0 unspecified atom stereocenters. The van der Waals surface area contributed by atoms with Gasteiger partial charge in [-0.3, -0.25) is 10.1 Å². The third-order valence-electron chi connectivity index (χ3n) is 2.55. The van der Waals surface area contributed by atoms with Gasteiger partial charge in [0.25, 0.3) is 5.69 Å². The fourth-order valence-corrected chi connectivity index (χ4v) is 1.76. The predicted molar refractivity (Wildman–Crippen MR) is 73.3 cm³/mol. The molecule has 0 heterocycles. The number of nitrogen functional groups attached to an aromatic ring is 1. The Hall–Kier alpha value is -2.27. The molecular formula is C13H11ClN2O3. The number of ether oxygens (including phenoxy) is 1. The van der Waals surface area contributed by atoms with Crippen molar-refractivity contribution >= 4 is 23.0 Å². The molecule has 0 bridgehead atoms. The molecule has 0 atom stereocenters. The molecule has 2 N–H and O–H groups in total. The Morgan fingerprint density at radius 1 is 1.26 bits per heavy atom. The van der Waals surface area contributed by atoms with Crippen LogP contribution in [-0.2, 0) is 6.61 Å². The first-order valence-corrected chi connectivity index (χ1v) is 5.86. The molecule has 0 aliphatic rings. The largest absolute Gasteiger partial charge is 0.487 e. The average molecular weight is 279 g/mol. The highest BCUT2D eigenvalue weighted by Gasteiger charge is 2.10. The number of hydrogen-bond acceptors (Lipinski definition) is 4. The Morgan fingerprint density at radius 3 is 2.63 bits per heavy atom. The topological polar surface area (TPSA) is 78.4 Å². The Morgan fingerprint density at radius 2 is 2.00 bits per heavy atom. The van der Waals surface area contributed by atoms with Gasteiger partial charge in [0.15, 0.2) is 0 Å². The zero-order chi connectivity index (χ0) is 13.8. The summed E-state index contributed by atoms with van der Waals surface area (Å²) < 4.78 is 5.52. The summed E-state index contributed by atoms with van der Waals surface area (Å²) in [6, 6.07) is 11.3. The predicted octanol–water partition coefficient (Wildman–Crippen LogP) is 3.41. The first kappa shape index (κ1) is 13.2. The summed E-state index contributed by atoms with van der Waals surface area (Å²) in [5, 5.41) is 10.9. The molecule has 98 valence electrons. The van der Waals surface area contributed by atoms with E-state index in [-0.39, 0.29) is 12.3 Å². The molecule has 0 aliphatic carbocycles. The summed E-state index contributed by atoms with van der Waals surface area (Å²) in [4.78, 5) is 10.1. The van der Waals surface area contributed by atoms with Gasteiger partial charge in [0.2, 0.25) is 0 Å². The number of hydrogen-bond donors (Lipinski definition) is 1. The van der Waals surface area contributed by atoms with Gasteiger partial charge in [-0.2, -0.15) is 0 Å². The van der Waals surface area contributed by atoms with E-state index in [0.29, 0.717) is 22.0 Å². The second kappa shape index (κ2) is 5.58. The van der Waals surface area contributed by atoms with Crippen molar-refractivity contribution in [1.82, 2.24) is 0 Å². The minimum absolute atomic E-state index is 0.0482. The van der Waals surface area contributed by atoms with Crippen molar-refractivity contribution in [3.63, 3.8) is 0 Å². The number of nitrogens with zero attached hydrogens (tertiary/aromatic N) is 1. The summed E-state index contributed by atoms with van der Waals surface area (Å²) in [6.45, 7) is 0.199. The van der Waals surface area contributed by atoms with Crippen molar-refractivity contribution in [2.45, 2.75) is 6.61 Å². The number of para-hydroxylation sites is 2. The summed E-state index contributed by atoms with van der Waals surface area (Å²) in [6.07, 6.45) is 0. The lowest BCUT2D eigenvalue weighted by Crippen LogP contribution is -1.99. The van der Waals surface area contributed by atoms with Crippen molar-refractivity contribution < 1.29 is 9.66 Å². The van der Waals surface area contributed by atoms with Gasteiger partial charge in [0, 0.05) is 17.7 Å². The monoisotopic (exact) mass is 278 g/mol. The number of non-ortho nitro benzene ring substituents is 1. The first-order chi connectivity index (χ1) is 9.08. The Labute approximate surface area is 114 Å². The summed E-state index contributed by atoms with van der Waals surface area (Å²) in [5.74, 6) is 0.553. The molecule has 2 aromatic carbocycles. The highest BCUT2D eigenvalue weighted by molar-refractivity contribution is 6.31. The molecule has 5 nitrogen and oxygen atoms in total. The van der Waals surface area contributed by atoms with E-state index in [9.17, 15) is 10.1 Å². The van der Waals surface area contributed by atoms with Crippen molar-refractivity contribution in [3.05, 3.63) is 63.2 Å². The molecule has 2 rings (SSSR count). The van der Waals surface area contributed by atoms with E-state index >= 15 is 0 Å². The van der Waals surface area contributed by atoms with E-state index in [2.05, 4.69) is 0 Å². The van der Waals surface area contributed by atoms with Gasteiger partial charge in [0.1, 0.15) is 12.4 Å². The minimum atomic E-state index is -0.494. The van der Waals surface area contributed by atoms with Crippen LogP contribution < -0.4 is 10.5 Å². The van der Waals surface area contributed by atoms with Crippen LogP contribution in [0.2, 0.25) is 5.02 Å². The molecular weight excluding hydrogens is 268 g/mol. The average Bonchev–Trinajstić information content (AvgIpc) is 2.39. The van der Waals surface area contributed by atoms with E-state index in [1.54, 1.807) is 24.3 Å². The van der Waals surface area contributed by atoms with Crippen molar-refractivity contribution in [2.24, 2.45) is 0 Å². The maximum absolute atomic E-state index is 10.6. The number of nitrogens with two attached hydrogens (primary N) is 1. The molecule has 0 aliphatic heterocycles. The SMILES string of the molecule is Nc1ccccc1OCc1ccc([N+](=O)[O-])cc1Cl. The smallest absolute Gasteiger partial charge is 0.270 e. The lowest BCUT2D eigenvalue weighted by atomic mass is 10.2. The van der Waals surface area contributed by atoms with E-state index in [1.165, 1.54) is 12.1 Å². The van der Waals surface area contributed by atoms with Gasteiger partial charge in [-0.1, -0.05) is 23.7 Å². The highest BCUT2D eigenvalue weighted by Crippen LogP contribution is 2.25. The third-order valence-corrected chi connectivity index (χ3v) is 2.90. The number of anilines is 1. The van der Waals surface area contributed by atoms with Gasteiger partial charge >= 0.3 is 0 Å². The van der Waals surface area contributed by atoms with Crippen LogP contribution in [0.25, 0.3) is 0 Å². The number of benzene rings is 2. The Bertz CT molecular complexity index is 617. The molecule has 0 aromatic heterocycles. The lowest BCUT2D eigenvalue weighted by molar-refractivity contribution is -0.384. The second-order valence-corrected chi connectivity index (χ2v) is 4.27. The summed E-state index contributed by atoms with van der Waals surface area (Å²) in [7, 11) is 0. The quantitative estimate of drug-likeness (QED) is 0.528. The molecule has 6 heteroatoms. The van der Waals surface area contributed by atoms with E-state index in [1.807, 2.05) is 6.07 Å². The van der Waals surface area contributed by atoms with Crippen LogP contribution in [0.4, 0.5) is 11.4 Å². The van der Waals surface area contributed by atoms with Gasteiger partial charge < -0.3 is 10.5 Å². The number of rotatable bonds is 4. The molecule has 0 spiro atoms. The summed E-state index contributed by atoms with van der Waals surface area (Å²) >= 11 is 5.96. The maximum Gasteiger partial charge on any atom is 0.270 e. The molecule has 0 amide bonds. The highest BCUT2D eigenvalue weighted by atomic mass is 35.5. The van der Waals surface area contributed by atoms with E-state index in [0.717, 1.165) is 0 Å². The van der Waals surface area contributed by atoms with Crippen LogP contribution in [0, 0.1) is 10.1 Å². The van der Waals surface area contributed by atoms with Crippen LogP contribution in [-0.4, -0.2) is 4.92 Å². The maximum atomic E-state index is 10.6. The molecule has 0 fully saturated rings. The van der Waals surface area contributed by atoms with Crippen molar-refractivity contribution in [2.75, 3.05) is 5.73 Å². The number of halogens is 1. The van der Waals surface area contributed by atoms with Gasteiger partial charge in [-0.25, -0.2) is 0 Å². The second-order valence-electron chi connectivity index (χ2n) is 3.86. The number of nitro groups is 1. The molecule has 19 heavy (non-hydrogen) atoms. The Kier molecular flexibility index (Phi) is 3.87. The zero-order valence-electron chi connectivity index (χ0n) is 9.88. The first-order valence-electron chi connectivity index (χ1n) is 5.48. The fourth-order valence-electron chi connectivity index (χ4n) is 1.53. The molecule has 0 saturated heterocycles. The van der Waals surface area contributed by atoms with Crippen LogP contribution in [0.5, 0.6) is 5.75 Å². The summed E-state index contributed by atoms with van der Waals surface area (Å²) in [5.41, 5.74) is 6.88. The molecule has 0 radical (unpaired) electrons. The number of nitro benzene ring substituents is 1. The fraction of sp³-hybridized carbons (Fsp3) is 0.0769. The van der Waals surface area contributed by atoms with Crippen LogP contribution in [0.15, 0.2) is 42.5 Å². The third kappa shape index (κ3) is 3.14. The van der Waals surface area contributed by atoms with Gasteiger partial charge in [-0.05, 0) is 18.2 Å². The van der Waals surface area contributed by atoms with Crippen LogP contribution >= 0.6 is 11.6 Å². The van der Waals surface area contributed by atoms with E-state index < -0.39 is 4.92 Å². The van der Waals surface area contributed by atoms with Crippen molar-refractivity contribution in [3.8, 4) is 5.75 Å².